The highest BCUT2D eigenvalue weighted by molar-refractivity contribution is 5.71. The minimum Gasteiger partial charge on any atom is -0.332 e. The summed E-state index contributed by atoms with van der Waals surface area (Å²) in [6, 6.07) is 26.3. The van der Waals surface area contributed by atoms with Crippen molar-refractivity contribution >= 4 is 11.4 Å². The molecule has 0 fully saturated rings. The second-order valence-corrected chi connectivity index (χ2v) is 6.74. The lowest BCUT2D eigenvalue weighted by molar-refractivity contribution is 0.772. The van der Waals surface area contributed by atoms with E-state index in [0.29, 0.717) is 5.56 Å². The number of hydrogen-bond donors (Lipinski definition) is 0. The summed E-state index contributed by atoms with van der Waals surface area (Å²) in [5.74, 6) is 0. The highest BCUT2D eigenvalue weighted by atomic mass is 15.2. The average molecular weight is 376 g/mol. The van der Waals surface area contributed by atoms with Crippen LogP contribution in [0.15, 0.2) is 97.6 Å². The molecule has 1 unspecified atom stereocenters. The number of nitrogens with zero attached hydrogens (tertiary/aromatic N) is 4. The van der Waals surface area contributed by atoms with Gasteiger partial charge in [0, 0.05) is 12.4 Å². The fourth-order valence-electron chi connectivity index (χ4n) is 3.58. The number of nitriles is 1. The van der Waals surface area contributed by atoms with Gasteiger partial charge in [0.15, 0.2) is 0 Å². The maximum atomic E-state index is 9.10. The van der Waals surface area contributed by atoms with Crippen molar-refractivity contribution in [3.8, 4) is 17.2 Å². The highest BCUT2D eigenvalue weighted by Gasteiger charge is 2.21. The zero-order valence-corrected chi connectivity index (χ0v) is 16.1. The summed E-state index contributed by atoms with van der Waals surface area (Å²) in [6.07, 6.45) is 7.29. The van der Waals surface area contributed by atoms with Crippen LogP contribution in [0.3, 0.4) is 0 Å². The van der Waals surface area contributed by atoms with Crippen LogP contribution in [0.25, 0.3) is 11.1 Å². The highest BCUT2D eigenvalue weighted by Crippen LogP contribution is 2.38. The van der Waals surface area contributed by atoms with E-state index in [-0.39, 0.29) is 6.04 Å². The van der Waals surface area contributed by atoms with Crippen LogP contribution in [-0.4, -0.2) is 9.97 Å². The van der Waals surface area contributed by atoms with Crippen molar-refractivity contribution < 1.29 is 0 Å². The molecule has 0 saturated heterocycles. The van der Waals surface area contributed by atoms with Gasteiger partial charge in [0.2, 0.25) is 0 Å². The van der Waals surface area contributed by atoms with E-state index in [4.69, 9.17) is 5.26 Å². The predicted octanol–water partition coefficient (Wildman–Crippen LogP) is 5.91. The first-order valence-electron chi connectivity index (χ1n) is 9.46. The van der Waals surface area contributed by atoms with Crippen LogP contribution in [0, 0.1) is 11.3 Å². The van der Waals surface area contributed by atoms with Crippen LogP contribution in [0.5, 0.6) is 0 Å². The lowest BCUT2D eigenvalue weighted by atomic mass is 9.94. The van der Waals surface area contributed by atoms with Gasteiger partial charge in [-0.2, -0.15) is 5.26 Å². The summed E-state index contributed by atoms with van der Waals surface area (Å²) in [4.78, 5) is 10.9. The molecule has 4 aromatic rings. The topological polar surface area (TPSA) is 52.8 Å². The smallest absolute Gasteiger partial charge is 0.0991 e. The first-order chi connectivity index (χ1) is 14.3. The molecule has 4 heteroatoms. The third-order valence-electron chi connectivity index (χ3n) is 4.97. The van der Waals surface area contributed by atoms with E-state index in [9.17, 15) is 0 Å². The first-order valence-corrected chi connectivity index (χ1v) is 9.46. The second-order valence-electron chi connectivity index (χ2n) is 6.74. The molecule has 0 saturated carbocycles. The van der Waals surface area contributed by atoms with E-state index < -0.39 is 0 Å². The molecular formula is C25H20N4. The Labute approximate surface area is 170 Å². The Balaban J connectivity index is 1.81. The van der Waals surface area contributed by atoms with E-state index in [2.05, 4.69) is 58.2 Å². The summed E-state index contributed by atoms with van der Waals surface area (Å²) in [5.41, 5.74) is 6.08. The fraction of sp³-hybridized carbons (Fsp3) is 0.0800. The van der Waals surface area contributed by atoms with E-state index in [0.717, 1.165) is 22.5 Å². The van der Waals surface area contributed by atoms with Gasteiger partial charge < -0.3 is 4.90 Å². The van der Waals surface area contributed by atoms with Gasteiger partial charge in [-0.15, -0.1) is 0 Å². The molecule has 0 bridgehead atoms. The Hall–Kier alpha value is -3.97. The van der Waals surface area contributed by atoms with E-state index in [1.54, 1.807) is 12.4 Å². The van der Waals surface area contributed by atoms with Crippen molar-refractivity contribution in [2.24, 2.45) is 0 Å². The molecular weight excluding hydrogens is 356 g/mol. The molecule has 0 aliphatic carbocycles. The zero-order chi connectivity index (χ0) is 20.1. The molecule has 4 nitrogen and oxygen atoms in total. The van der Waals surface area contributed by atoms with Crippen LogP contribution in [-0.2, 0) is 0 Å². The summed E-state index contributed by atoms with van der Waals surface area (Å²) in [5, 5.41) is 9.10. The molecule has 4 rings (SSSR count). The van der Waals surface area contributed by atoms with E-state index in [1.807, 2.05) is 54.9 Å². The molecule has 2 aromatic carbocycles. The van der Waals surface area contributed by atoms with Gasteiger partial charge in [-0.25, -0.2) is 0 Å². The van der Waals surface area contributed by atoms with Crippen LogP contribution >= 0.6 is 0 Å². The van der Waals surface area contributed by atoms with Gasteiger partial charge in [0.1, 0.15) is 0 Å². The SMILES string of the molecule is CC(c1ccccc1-c1ccc(C#N)cc1)N(c1cccnc1)c1cccnc1. The van der Waals surface area contributed by atoms with Crippen molar-refractivity contribution in [3.63, 3.8) is 0 Å². The standard InChI is InChI=1S/C25H20N4/c1-19(29(22-6-4-14-27-17-22)23-7-5-15-28-18-23)24-8-2-3-9-25(24)21-12-10-20(16-26)11-13-21/h2-15,17-19H,1H3. The number of pyridine rings is 2. The number of rotatable bonds is 5. The predicted molar refractivity (Wildman–Crippen MR) is 116 cm³/mol. The Bertz CT molecular complexity index is 1080. The second kappa shape index (κ2) is 8.37. The van der Waals surface area contributed by atoms with Crippen LogP contribution in [0.2, 0.25) is 0 Å². The molecule has 1 atom stereocenters. The maximum absolute atomic E-state index is 9.10. The average Bonchev–Trinajstić information content (AvgIpc) is 2.81. The molecule has 0 spiro atoms. The van der Waals surface area contributed by atoms with Crippen LogP contribution < -0.4 is 4.90 Å². The molecule has 0 aliphatic heterocycles. The summed E-state index contributed by atoms with van der Waals surface area (Å²) in [6.45, 7) is 2.18. The van der Waals surface area contributed by atoms with Crippen molar-refractivity contribution in [1.82, 2.24) is 9.97 Å². The number of benzene rings is 2. The Morgan fingerprint density at radius 1 is 0.793 bits per heavy atom. The molecule has 0 aliphatic rings. The van der Waals surface area contributed by atoms with Crippen LogP contribution in [0.4, 0.5) is 11.4 Å². The number of anilines is 2. The molecule has 0 radical (unpaired) electrons. The number of hydrogen-bond acceptors (Lipinski definition) is 4. The molecule has 2 aromatic heterocycles. The minimum atomic E-state index is 0.0373. The van der Waals surface area contributed by atoms with Gasteiger partial charge in [0.25, 0.3) is 0 Å². The Morgan fingerprint density at radius 3 is 1.97 bits per heavy atom. The van der Waals surface area contributed by atoms with Gasteiger partial charge in [-0.05, 0) is 60.0 Å². The third kappa shape index (κ3) is 3.85. The van der Waals surface area contributed by atoms with Crippen LogP contribution in [0.1, 0.15) is 24.1 Å². The van der Waals surface area contributed by atoms with Gasteiger partial charge >= 0.3 is 0 Å². The van der Waals surface area contributed by atoms with Crippen molar-refractivity contribution in [3.05, 3.63) is 109 Å². The monoisotopic (exact) mass is 376 g/mol. The lowest BCUT2D eigenvalue weighted by Gasteiger charge is -2.32. The largest absolute Gasteiger partial charge is 0.332 e. The third-order valence-corrected chi connectivity index (χ3v) is 4.97. The summed E-state index contributed by atoms with van der Waals surface area (Å²) >= 11 is 0. The molecule has 0 amide bonds. The van der Waals surface area contributed by atoms with Gasteiger partial charge in [-0.1, -0.05) is 36.4 Å². The van der Waals surface area contributed by atoms with Crippen molar-refractivity contribution in [1.29, 1.82) is 5.26 Å². The number of aromatic nitrogens is 2. The molecule has 29 heavy (non-hydrogen) atoms. The Morgan fingerprint density at radius 2 is 1.41 bits per heavy atom. The molecule has 0 N–H and O–H groups in total. The zero-order valence-electron chi connectivity index (χ0n) is 16.1. The molecule has 2 heterocycles. The maximum Gasteiger partial charge on any atom is 0.0991 e. The van der Waals surface area contributed by atoms with Crippen molar-refractivity contribution in [2.75, 3.05) is 4.90 Å². The fourth-order valence-corrected chi connectivity index (χ4v) is 3.58. The lowest BCUT2D eigenvalue weighted by Crippen LogP contribution is -2.22. The van der Waals surface area contributed by atoms with Crippen molar-refractivity contribution in [2.45, 2.75) is 13.0 Å². The minimum absolute atomic E-state index is 0.0373. The summed E-state index contributed by atoms with van der Waals surface area (Å²) in [7, 11) is 0. The first kappa shape index (κ1) is 18.4. The normalized spacial score (nSPS) is 11.4. The van der Waals surface area contributed by atoms with E-state index >= 15 is 0 Å². The quantitative estimate of drug-likeness (QED) is 0.434. The van der Waals surface area contributed by atoms with E-state index in [1.165, 1.54) is 5.56 Å². The summed E-state index contributed by atoms with van der Waals surface area (Å²) < 4.78 is 0. The van der Waals surface area contributed by atoms with Gasteiger partial charge in [-0.3, -0.25) is 9.97 Å². The Kier molecular flexibility index (Phi) is 5.31. The molecule has 140 valence electrons. The van der Waals surface area contributed by atoms with Gasteiger partial charge in [0.05, 0.1) is 41.4 Å².